The van der Waals surface area contributed by atoms with Crippen LogP contribution in [0.1, 0.15) is 30.9 Å². The Kier molecular flexibility index (Phi) is 2.06. The van der Waals surface area contributed by atoms with E-state index in [1.54, 1.807) is 0 Å². The van der Waals surface area contributed by atoms with Crippen LogP contribution in [0.25, 0.3) is 0 Å². The van der Waals surface area contributed by atoms with Crippen LogP contribution in [0.5, 0.6) is 5.75 Å². The molecular formula is C13H15F2NO. The van der Waals surface area contributed by atoms with E-state index in [4.69, 9.17) is 10.5 Å². The quantitative estimate of drug-likeness (QED) is 0.817. The first-order chi connectivity index (χ1) is 7.88. The molecule has 0 saturated heterocycles. The van der Waals surface area contributed by atoms with Crippen molar-refractivity contribution < 1.29 is 13.5 Å². The van der Waals surface area contributed by atoms with Gasteiger partial charge in [-0.1, -0.05) is 12.1 Å². The molecule has 2 nitrogen and oxygen atoms in total. The number of benzene rings is 1. The SMILES string of the molecule is CC1Cc2cc(C3(N)CC(F)(F)C3)ccc2O1. The Morgan fingerprint density at radius 2 is 2.06 bits per heavy atom. The van der Waals surface area contributed by atoms with Gasteiger partial charge in [-0.05, 0) is 24.1 Å². The van der Waals surface area contributed by atoms with Crippen molar-refractivity contribution >= 4 is 0 Å². The van der Waals surface area contributed by atoms with E-state index in [0.717, 1.165) is 23.3 Å². The first kappa shape index (κ1) is 11.0. The molecule has 1 aromatic rings. The number of hydrogen-bond acceptors (Lipinski definition) is 2. The van der Waals surface area contributed by atoms with E-state index in [-0.39, 0.29) is 18.9 Å². The van der Waals surface area contributed by atoms with Gasteiger partial charge in [0.25, 0.3) is 5.92 Å². The van der Waals surface area contributed by atoms with Crippen molar-refractivity contribution in [3.63, 3.8) is 0 Å². The van der Waals surface area contributed by atoms with Crippen molar-refractivity contribution in [2.75, 3.05) is 0 Å². The molecule has 4 heteroatoms. The molecule has 2 N–H and O–H groups in total. The molecule has 0 radical (unpaired) electrons. The third-order valence-corrected chi connectivity index (χ3v) is 3.62. The zero-order valence-electron chi connectivity index (χ0n) is 9.67. The van der Waals surface area contributed by atoms with Gasteiger partial charge in [0.15, 0.2) is 0 Å². The molecule has 2 aliphatic rings. The maximum Gasteiger partial charge on any atom is 0.252 e. The summed E-state index contributed by atoms with van der Waals surface area (Å²) in [5, 5.41) is 0. The number of ether oxygens (including phenoxy) is 1. The Labute approximate surface area is 98.8 Å². The predicted molar refractivity (Wildman–Crippen MR) is 60.3 cm³/mol. The lowest BCUT2D eigenvalue weighted by molar-refractivity contribution is -0.125. The summed E-state index contributed by atoms with van der Waals surface area (Å²) in [5.41, 5.74) is 7.04. The van der Waals surface area contributed by atoms with Gasteiger partial charge in [-0.3, -0.25) is 0 Å². The fourth-order valence-corrected chi connectivity index (χ4v) is 2.81. The molecular weight excluding hydrogens is 224 g/mol. The Bertz CT molecular complexity index is 464. The van der Waals surface area contributed by atoms with Gasteiger partial charge in [0.1, 0.15) is 11.9 Å². The van der Waals surface area contributed by atoms with E-state index in [0.29, 0.717) is 0 Å². The first-order valence-electron chi connectivity index (χ1n) is 5.85. The number of hydrogen-bond donors (Lipinski definition) is 1. The minimum Gasteiger partial charge on any atom is -0.490 e. The van der Waals surface area contributed by atoms with E-state index in [2.05, 4.69) is 0 Å². The highest BCUT2D eigenvalue weighted by Crippen LogP contribution is 2.50. The van der Waals surface area contributed by atoms with E-state index >= 15 is 0 Å². The number of rotatable bonds is 1. The molecule has 1 aromatic carbocycles. The molecule has 3 rings (SSSR count). The van der Waals surface area contributed by atoms with E-state index in [1.807, 2.05) is 25.1 Å². The molecule has 0 amide bonds. The largest absolute Gasteiger partial charge is 0.490 e. The normalized spacial score (nSPS) is 28.1. The molecule has 1 heterocycles. The second-order valence-electron chi connectivity index (χ2n) is 5.32. The van der Waals surface area contributed by atoms with Gasteiger partial charge in [-0.15, -0.1) is 0 Å². The van der Waals surface area contributed by atoms with E-state index < -0.39 is 11.5 Å². The fraction of sp³-hybridized carbons (Fsp3) is 0.538. The Hall–Kier alpha value is -1.16. The van der Waals surface area contributed by atoms with Crippen LogP contribution in [-0.4, -0.2) is 12.0 Å². The van der Waals surface area contributed by atoms with Crippen molar-refractivity contribution in [1.29, 1.82) is 0 Å². The molecule has 1 fully saturated rings. The smallest absolute Gasteiger partial charge is 0.252 e. The minimum absolute atomic E-state index is 0.164. The average molecular weight is 239 g/mol. The predicted octanol–water partition coefficient (Wildman–Crippen LogP) is 2.59. The highest BCUT2D eigenvalue weighted by Gasteiger charge is 2.55. The van der Waals surface area contributed by atoms with Gasteiger partial charge in [-0.25, -0.2) is 8.78 Å². The lowest BCUT2D eigenvalue weighted by Gasteiger charge is -2.45. The average Bonchev–Trinajstić information content (AvgIpc) is 2.53. The number of fused-ring (bicyclic) bond motifs is 1. The molecule has 92 valence electrons. The van der Waals surface area contributed by atoms with Gasteiger partial charge in [0, 0.05) is 19.3 Å². The Morgan fingerprint density at radius 1 is 1.35 bits per heavy atom. The van der Waals surface area contributed by atoms with Crippen LogP contribution in [0.15, 0.2) is 18.2 Å². The maximum absolute atomic E-state index is 13.0. The van der Waals surface area contributed by atoms with E-state index in [1.165, 1.54) is 0 Å². The molecule has 1 saturated carbocycles. The molecule has 1 unspecified atom stereocenters. The van der Waals surface area contributed by atoms with E-state index in [9.17, 15) is 8.78 Å². The third-order valence-electron chi connectivity index (χ3n) is 3.62. The summed E-state index contributed by atoms with van der Waals surface area (Å²) in [5.74, 6) is -1.74. The zero-order chi connectivity index (χ0) is 12.3. The summed E-state index contributed by atoms with van der Waals surface area (Å²) in [6, 6.07) is 5.58. The summed E-state index contributed by atoms with van der Waals surface area (Å²) in [7, 11) is 0. The second-order valence-corrected chi connectivity index (χ2v) is 5.32. The molecule has 1 aliphatic heterocycles. The van der Waals surface area contributed by atoms with Crippen LogP contribution >= 0.6 is 0 Å². The molecule has 0 aromatic heterocycles. The van der Waals surface area contributed by atoms with Gasteiger partial charge >= 0.3 is 0 Å². The fourth-order valence-electron chi connectivity index (χ4n) is 2.81. The van der Waals surface area contributed by atoms with Crippen molar-refractivity contribution in [2.24, 2.45) is 5.73 Å². The van der Waals surface area contributed by atoms with Crippen molar-refractivity contribution in [3.8, 4) is 5.75 Å². The van der Waals surface area contributed by atoms with Gasteiger partial charge < -0.3 is 10.5 Å². The highest BCUT2D eigenvalue weighted by molar-refractivity contribution is 5.43. The van der Waals surface area contributed by atoms with Crippen molar-refractivity contribution in [1.82, 2.24) is 0 Å². The monoisotopic (exact) mass is 239 g/mol. The van der Waals surface area contributed by atoms with Crippen LogP contribution in [0.3, 0.4) is 0 Å². The number of halogens is 2. The summed E-state index contributed by atoms with van der Waals surface area (Å²) in [6.07, 6.45) is 0.483. The first-order valence-corrected chi connectivity index (χ1v) is 5.85. The molecule has 17 heavy (non-hydrogen) atoms. The van der Waals surface area contributed by atoms with Crippen molar-refractivity contribution in [3.05, 3.63) is 29.3 Å². The van der Waals surface area contributed by atoms with Gasteiger partial charge in [0.05, 0.1) is 5.54 Å². The molecule has 1 atom stereocenters. The Morgan fingerprint density at radius 3 is 2.71 bits per heavy atom. The molecule has 0 spiro atoms. The second kappa shape index (κ2) is 3.19. The van der Waals surface area contributed by atoms with Crippen LogP contribution in [0.2, 0.25) is 0 Å². The number of nitrogens with two attached hydrogens (primary N) is 1. The zero-order valence-corrected chi connectivity index (χ0v) is 9.67. The van der Waals surface area contributed by atoms with Gasteiger partial charge in [-0.2, -0.15) is 0 Å². The molecule has 0 bridgehead atoms. The summed E-state index contributed by atoms with van der Waals surface area (Å²) in [6.45, 7) is 2.00. The van der Waals surface area contributed by atoms with Crippen LogP contribution in [-0.2, 0) is 12.0 Å². The topological polar surface area (TPSA) is 35.2 Å². The van der Waals surface area contributed by atoms with Crippen LogP contribution in [0.4, 0.5) is 8.78 Å². The lowest BCUT2D eigenvalue weighted by atomic mass is 9.69. The van der Waals surface area contributed by atoms with Crippen LogP contribution < -0.4 is 10.5 Å². The lowest BCUT2D eigenvalue weighted by Crippen LogP contribution is -2.55. The summed E-state index contributed by atoms with van der Waals surface area (Å²) in [4.78, 5) is 0. The molecule has 1 aliphatic carbocycles. The summed E-state index contributed by atoms with van der Waals surface area (Å²) >= 11 is 0. The third kappa shape index (κ3) is 1.71. The minimum atomic E-state index is -2.60. The highest BCUT2D eigenvalue weighted by atomic mass is 19.3. The van der Waals surface area contributed by atoms with Crippen molar-refractivity contribution in [2.45, 2.75) is 43.8 Å². The Balaban J connectivity index is 1.89. The number of alkyl halides is 2. The standard InChI is InChI=1S/C13H15F2NO/c1-8-4-9-5-10(2-3-11(9)17-8)12(16)6-13(14,15)7-12/h2-3,5,8H,4,6-7,16H2,1H3. The van der Waals surface area contributed by atoms with Crippen LogP contribution in [0, 0.1) is 0 Å². The van der Waals surface area contributed by atoms with Gasteiger partial charge in [0.2, 0.25) is 0 Å². The summed E-state index contributed by atoms with van der Waals surface area (Å²) < 4.78 is 31.5. The maximum atomic E-state index is 13.0.